The van der Waals surface area contributed by atoms with Gasteiger partial charge < -0.3 is 14.8 Å². The van der Waals surface area contributed by atoms with Gasteiger partial charge in [-0.2, -0.15) is 5.26 Å². The molecule has 1 saturated carbocycles. The van der Waals surface area contributed by atoms with Crippen molar-refractivity contribution >= 4 is 11.9 Å². The molecule has 6 heteroatoms. The summed E-state index contributed by atoms with van der Waals surface area (Å²) in [5, 5.41) is 11.9. The fourth-order valence-electron chi connectivity index (χ4n) is 2.71. The Morgan fingerprint density at radius 3 is 2.65 bits per heavy atom. The first kappa shape index (κ1) is 16.8. The molecule has 122 valence electrons. The van der Waals surface area contributed by atoms with Crippen LogP contribution >= 0.6 is 0 Å². The summed E-state index contributed by atoms with van der Waals surface area (Å²) in [6.45, 7) is 1.46. The van der Waals surface area contributed by atoms with Crippen LogP contribution in [0.3, 0.4) is 0 Å². The van der Waals surface area contributed by atoms with Crippen molar-refractivity contribution in [2.45, 2.75) is 38.1 Å². The number of esters is 1. The molecule has 0 spiro atoms. The SMILES string of the molecule is COc1cc(C(=O)OCC(=O)NC2(C#N)CCCC2)ccc1C. The Morgan fingerprint density at radius 2 is 2.04 bits per heavy atom. The Kier molecular flexibility index (Phi) is 5.22. The Bertz CT molecular complexity index is 642. The van der Waals surface area contributed by atoms with Gasteiger partial charge in [0.15, 0.2) is 6.61 Å². The van der Waals surface area contributed by atoms with E-state index in [9.17, 15) is 14.9 Å². The van der Waals surface area contributed by atoms with Gasteiger partial charge in [-0.1, -0.05) is 6.07 Å². The van der Waals surface area contributed by atoms with Crippen LogP contribution in [-0.2, 0) is 9.53 Å². The van der Waals surface area contributed by atoms with Crippen LogP contribution in [0.1, 0.15) is 41.6 Å². The molecule has 0 unspecified atom stereocenters. The van der Waals surface area contributed by atoms with Crippen molar-refractivity contribution < 1.29 is 19.1 Å². The molecular weight excluding hydrogens is 296 g/mol. The van der Waals surface area contributed by atoms with Gasteiger partial charge in [0.05, 0.1) is 18.7 Å². The number of carbonyl (C=O) groups excluding carboxylic acids is 2. The second-order valence-corrected chi connectivity index (χ2v) is 5.71. The smallest absolute Gasteiger partial charge is 0.338 e. The Labute approximate surface area is 135 Å². The third-order valence-corrected chi connectivity index (χ3v) is 4.03. The first-order chi connectivity index (χ1) is 11.0. The van der Waals surface area contributed by atoms with Gasteiger partial charge in [-0.3, -0.25) is 4.79 Å². The normalized spacial score (nSPS) is 15.5. The van der Waals surface area contributed by atoms with Crippen LogP contribution in [0.5, 0.6) is 5.75 Å². The van der Waals surface area contributed by atoms with Gasteiger partial charge in [-0.15, -0.1) is 0 Å². The van der Waals surface area contributed by atoms with Gasteiger partial charge in [-0.25, -0.2) is 4.79 Å². The highest BCUT2D eigenvalue weighted by atomic mass is 16.5. The average Bonchev–Trinajstić information content (AvgIpc) is 3.02. The van der Waals surface area contributed by atoms with Gasteiger partial charge in [0.2, 0.25) is 0 Å². The predicted molar refractivity (Wildman–Crippen MR) is 83.0 cm³/mol. The summed E-state index contributed by atoms with van der Waals surface area (Å²) in [5.41, 5.74) is 0.409. The number of hydrogen-bond donors (Lipinski definition) is 1. The molecule has 0 bridgehead atoms. The number of ether oxygens (including phenoxy) is 2. The highest BCUT2D eigenvalue weighted by Crippen LogP contribution is 2.28. The molecule has 1 aliphatic carbocycles. The number of rotatable bonds is 5. The monoisotopic (exact) mass is 316 g/mol. The van der Waals surface area contributed by atoms with E-state index in [0.29, 0.717) is 24.2 Å². The number of amides is 1. The van der Waals surface area contributed by atoms with Gasteiger partial charge in [0.25, 0.3) is 5.91 Å². The highest BCUT2D eigenvalue weighted by Gasteiger charge is 2.35. The van der Waals surface area contributed by atoms with Crippen LogP contribution in [-0.4, -0.2) is 31.1 Å². The maximum absolute atomic E-state index is 12.0. The molecule has 0 aromatic heterocycles. The summed E-state index contributed by atoms with van der Waals surface area (Å²) in [6, 6.07) is 7.10. The summed E-state index contributed by atoms with van der Waals surface area (Å²) in [7, 11) is 1.52. The van der Waals surface area contributed by atoms with E-state index < -0.39 is 24.0 Å². The van der Waals surface area contributed by atoms with E-state index in [2.05, 4.69) is 11.4 Å². The number of nitrogens with one attached hydrogen (secondary N) is 1. The van der Waals surface area contributed by atoms with E-state index in [0.717, 1.165) is 18.4 Å². The number of hydrogen-bond acceptors (Lipinski definition) is 5. The van der Waals surface area contributed by atoms with Crippen molar-refractivity contribution in [2.24, 2.45) is 0 Å². The molecule has 0 radical (unpaired) electrons. The lowest BCUT2D eigenvalue weighted by Gasteiger charge is -2.21. The molecule has 0 saturated heterocycles. The summed E-state index contributed by atoms with van der Waals surface area (Å²) >= 11 is 0. The van der Waals surface area contributed by atoms with Gasteiger partial charge in [0, 0.05) is 0 Å². The molecule has 0 aliphatic heterocycles. The molecule has 1 aromatic carbocycles. The fourth-order valence-corrected chi connectivity index (χ4v) is 2.71. The molecule has 1 aromatic rings. The molecular formula is C17H20N2O4. The van der Waals surface area contributed by atoms with Gasteiger partial charge >= 0.3 is 5.97 Å². The summed E-state index contributed by atoms with van der Waals surface area (Å²) in [5.74, 6) is -0.477. The van der Waals surface area contributed by atoms with Crippen molar-refractivity contribution in [3.8, 4) is 11.8 Å². The second-order valence-electron chi connectivity index (χ2n) is 5.71. The molecule has 1 amide bonds. The second kappa shape index (κ2) is 7.14. The summed E-state index contributed by atoms with van der Waals surface area (Å²) < 4.78 is 10.2. The molecule has 2 rings (SSSR count). The number of aryl methyl sites for hydroxylation is 1. The number of benzene rings is 1. The molecule has 0 atom stereocenters. The van der Waals surface area contributed by atoms with Crippen molar-refractivity contribution in [3.63, 3.8) is 0 Å². The molecule has 6 nitrogen and oxygen atoms in total. The van der Waals surface area contributed by atoms with Gasteiger partial charge in [0.1, 0.15) is 11.3 Å². The fraction of sp³-hybridized carbons (Fsp3) is 0.471. The number of methoxy groups -OCH3 is 1. The molecule has 1 fully saturated rings. The standard InChI is InChI=1S/C17H20N2O4/c1-12-5-6-13(9-14(12)22-2)16(21)23-10-15(20)19-17(11-18)7-3-4-8-17/h5-6,9H,3-4,7-8,10H2,1-2H3,(H,19,20). The quantitative estimate of drug-likeness (QED) is 0.841. The minimum atomic E-state index is -0.809. The third kappa shape index (κ3) is 4.01. The topological polar surface area (TPSA) is 88.4 Å². The van der Waals surface area contributed by atoms with Crippen LogP contribution in [0.15, 0.2) is 18.2 Å². The predicted octanol–water partition coefficient (Wildman–Crippen LogP) is 2.11. The first-order valence-corrected chi connectivity index (χ1v) is 7.54. The zero-order valence-corrected chi connectivity index (χ0v) is 13.3. The highest BCUT2D eigenvalue weighted by molar-refractivity contribution is 5.92. The van der Waals surface area contributed by atoms with Crippen LogP contribution in [0.2, 0.25) is 0 Å². The zero-order chi connectivity index (χ0) is 16.9. The lowest BCUT2D eigenvalue weighted by atomic mass is 10.00. The van der Waals surface area contributed by atoms with Crippen molar-refractivity contribution in [1.29, 1.82) is 5.26 Å². The Morgan fingerprint density at radius 1 is 1.35 bits per heavy atom. The summed E-state index contributed by atoms with van der Waals surface area (Å²) in [4.78, 5) is 23.9. The van der Waals surface area contributed by atoms with Crippen molar-refractivity contribution in [1.82, 2.24) is 5.32 Å². The van der Waals surface area contributed by atoms with Gasteiger partial charge in [-0.05, 0) is 50.3 Å². The zero-order valence-electron chi connectivity index (χ0n) is 13.3. The maximum atomic E-state index is 12.0. The number of carbonyl (C=O) groups is 2. The van der Waals surface area contributed by atoms with Crippen molar-refractivity contribution in [2.75, 3.05) is 13.7 Å². The largest absolute Gasteiger partial charge is 0.496 e. The summed E-state index contributed by atoms with van der Waals surface area (Å²) in [6.07, 6.45) is 3.10. The lowest BCUT2D eigenvalue weighted by molar-refractivity contribution is -0.125. The minimum Gasteiger partial charge on any atom is -0.496 e. The number of nitriles is 1. The van der Waals surface area contributed by atoms with E-state index in [1.165, 1.54) is 7.11 Å². The maximum Gasteiger partial charge on any atom is 0.338 e. The number of nitrogens with zero attached hydrogens (tertiary/aromatic N) is 1. The minimum absolute atomic E-state index is 0.316. The van der Waals surface area contributed by atoms with E-state index >= 15 is 0 Å². The van der Waals surface area contributed by atoms with E-state index in [4.69, 9.17) is 9.47 Å². The Balaban J connectivity index is 1.91. The first-order valence-electron chi connectivity index (χ1n) is 7.54. The van der Waals surface area contributed by atoms with Crippen LogP contribution in [0, 0.1) is 18.3 Å². The van der Waals surface area contributed by atoms with Crippen LogP contribution < -0.4 is 10.1 Å². The van der Waals surface area contributed by atoms with Crippen LogP contribution in [0.25, 0.3) is 0 Å². The average molecular weight is 316 g/mol. The van der Waals surface area contributed by atoms with E-state index in [-0.39, 0.29) is 0 Å². The molecule has 23 heavy (non-hydrogen) atoms. The van der Waals surface area contributed by atoms with Crippen molar-refractivity contribution in [3.05, 3.63) is 29.3 Å². The Hall–Kier alpha value is -2.55. The van der Waals surface area contributed by atoms with E-state index in [1.807, 2.05) is 6.92 Å². The molecule has 0 heterocycles. The lowest BCUT2D eigenvalue weighted by Crippen LogP contribution is -2.46. The third-order valence-electron chi connectivity index (χ3n) is 4.03. The molecule has 1 N–H and O–H groups in total. The van der Waals surface area contributed by atoms with E-state index in [1.54, 1.807) is 18.2 Å². The van der Waals surface area contributed by atoms with Crippen LogP contribution in [0.4, 0.5) is 0 Å². The molecule has 1 aliphatic rings.